The van der Waals surface area contributed by atoms with E-state index in [9.17, 15) is 29.1 Å². The van der Waals surface area contributed by atoms with Crippen LogP contribution in [0.5, 0.6) is 0 Å². The largest absolute Gasteiger partial charge is 0.481 e. The third-order valence-corrected chi connectivity index (χ3v) is 5.39. The first-order valence-electron chi connectivity index (χ1n) is 11.0. The second-order valence-electron chi connectivity index (χ2n) is 7.88. The van der Waals surface area contributed by atoms with Crippen molar-refractivity contribution in [1.29, 1.82) is 0 Å². The Morgan fingerprint density at radius 1 is 0.857 bits per heavy atom. The first-order chi connectivity index (χ1) is 16.6. The highest BCUT2D eigenvalue weighted by atomic mass is 32.1. The molecule has 1 aromatic rings. The molecule has 0 aliphatic heterocycles. The van der Waals surface area contributed by atoms with Crippen molar-refractivity contribution < 1.29 is 34.2 Å². The van der Waals surface area contributed by atoms with Gasteiger partial charge in [-0.15, -0.1) is 0 Å². The Bertz CT molecular complexity index is 871. The van der Waals surface area contributed by atoms with Gasteiger partial charge >= 0.3 is 11.9 Å². The Balaban J connectivity index is 2.81. The summed E-state index contributed by atoms with van der Waals surface area (Å²) >= 11 is 4.05. The Labute approximate surface area is 208 Å². The minimum absolute atomic E-state index is 0.0840. The number of thiol groups is 1. The van der Waals surface area contributed by atoms with Crippen LogP contribution in [-0.4, -0.2) is 76.3 Å². The lowest BCUT2D eigenvalue weighted by Gasteiger charge is -2.24. The standard InChI is InChI=1S/C22H33N5O7S/c23-9-5-4-8-15(22(33)34)25-20(31)16(11-18(28)29)26-21(32)17(12-35)27-19(30)14(24)10-13-6-2-1-3-7-13/h1-3,6-7,14-17,35H,4-5,8-12,23-24H2,(H,25,31)(H,26,32)(H,27,30)(H,28,29)(H,33,34). The normalized spacial score (nSPS) is 14.1. The Kier molecular flexibility index (Phi) is 13.4. The molecule has 4 atom stereocenters. The molecule has 0 fully saturated rings. The number of unbranched alkanes of at least 4 members (excludes halogenated alkanes) is 1. The molecule has 1 aromatic carbocycles. The van der Waals surface area contributed by atoms with Gasteiger partial charge in [0, 0.05) is 5.75 Å². The van der Waals surface area contributed by atoms with Crippen molar-refractivity contribution in [3.63, 3.8) is 0 Å². The molecule has 194 valence electrons. The number of carboxylic acid groups (broad SMARTS) is 2. The average Bonchev–Trinajstić information content (AvgIpc) is 2.81. The number of nitrogens with one attached hydrogen (secondary N) is 3. The summed E-state index contributed by atoms with van der Waals surface area (Å²) in [4.78, 5) is 60.5. The lowest BCUT2D eigenvalue weighted by molar-refractivity contribution is -0.143. The van der Waals surface area contributed by atoms with E-state index < -0.39 is 60.2 Å². The fourth-order valence-electron chi connectivity index (χ4n) is 3.11. The summed E-state index contributed by atoms with van der Waals surface area (Å²) in [7, 11) is 0. The van der Waals surface area contributed by atoms with Gasteiger partial charge in [0.1, 0.15) is 18.1 Å². The van der Waals surface area contributed by atoms with Crippen LogP contribution < -0.4 is 27.4 Å². The number of rotatable bonds is 16. The van der Waals surface area contributed by atoms with Gasteiger partial charge in [-0.05, 0) is 37.8 Å². The van der Waals surface area contributed by atoms with Crippen molar-refractivity contribution in [2.24, 2.45) is 11.5 Å². The number of carbonyl (C=O) groups excluding carboxylic acids is 3. The fourth-order valence-corrected chi connectivity index (χ4v) is 3.37. The van der Waals surface area contributed by atoms with Crippen LogP contribution in [0.3, 0.4) is 0 Å². The first-order valence-corrected chi connectivity index (χ1v) is 11.7. The number of carbonyl (C=O) groups is 5. The van der Waals surface area contributed by atoms with Gasteiger partial charge in [0.05, 0.1) is 12.5 Å². The van der Waals surface area contributed by atoms with E-state index in [0.29, 0.717) is 19.4 Å². The van der Waals surface area contributed by atoms with Crippen LogP contribution >= 0.6 is 12.6 Å². The van der Waals surface area contributed by atoms with Crippen LogP contribution in [0.25, 0.3) is 0 Å². The topological polar surface area (TPSA) is 214 Å². The third kappa shape index (κ3) is 11.2. The van der Waals surface area contributed by atoms with Crippen molar-refractivity contribution in [1.82, 2.24) is 16.0 Å². The number of aliphatic carboxylic acids is 2. The average molecular weight is 512 g/mol. The molecule has 0 heterocycles. The predicted molar refractivity (Wildman–Crippen MR) is 131 cm³/mol. The molecule has 0 aromatic heterocycles. The van der Waals surface area contributed by atoms with Gasteiger partial charge in [-0.1, -0.05) is 30.3 Å². The summed E-state index contributed by atoms with van der Waals surface area (Å²) in [5.41, 5.74) is 12.1. The molecule has 12 nitrogen and oxygen atoms in total. The van der Waals surface area contributed by atoms with Crippen molar-refractivity contribution in [2.75, 3.05) is 12.3 Å². The number of hydrogen-bond donors (Lipinski definition) is 8. The molecule has 1 rings (SSSR count). The maximum absolute atomic E-state index is 12.7. The van der Waals surface area contributed by atoms with Crippen LogP contribution in [0.4, 0.5) is 0 Å². The summed E-state index contributed by atoms with van der Waals surface area (Å²) in [6.45, 7) is 0.351. The summed E-state index contributed by atoms with van der Waals surface area (Å²) < 4.78 is 0. The summed E-state index contributed by atoms with van der Waals surface area (Å²) in [5, 5.41) is 25.4. The first kappa shape index (κ1) is 29.9. The van der Waals surface area contributed by atoms with E-state index in [2.05, 4.69) is 28.6 Å². The van der Waals surface area contributed by atoms with Crippen molar-refractivity contribution in [3.8, 4) is 0 Å². The number of carboxylic acids is 2. The zero-order chi connectivity index (χ0) is 26.4. The van der Waals surface area contributed by atoms with Gasteiger partial charge < -0.3 is 37.6 Å². The minimum Gasteiger partial charge on any atom is -0.481 e. The second kappa shape index (κ2) is 15.7. The highest BCUT2D eigenvalue weighted by molar-refractivity contribution is 7.80. The van der Waals surface area contributed by atoms with E-state index in [-0.39, 0.29) is 18.6 Å². The van der Waals surface area contributed by atoms with Gasteiger partial charge in [-0.3, -0.25) is 19.2 Å². The molecule has 9 N–H and O–H groups in total. The van der Waals surface area contributed by atoms with E-state index in [1.54, 1.807) is 24.3 Å². The zero-order valence-electron chi connectivity index (χ0n) is 19.2. The molecule has 0 saturated carbocycles. The van der Waals surface area contributed by atoms with Crippen LogP contribution in [0, 0.1) is 0 Å². The Morgan fingerprint density at radius 3 is 1.97 bits per heavy atom. The smallest absolute Gasteiger partial charge is 0.326 e. The number of amides is 3. The number of benzene rings is 1. The van der Waals surface area contributed by atoms with Crippen LogP contribution in [0.1, 0.15) is 31.2 Å². The molecular formula is C22H33N5O7S. The van der Waals surface area contributed by atoms with Gasteiger partial charge in [0.15, 0.2) is 0 Å². The molecule has 13 heteroatoms. The lowest BCUT2D eigenvalue weighted by Crippen LogP contribution is -2.58. The summed E-state index contributed by atoms with van der Waals surface area (Å²) in [6.07, 6.45) is 0.484. The third-order valence-electron chi connectivity index (χ3n) is 5.02. The molecule has 0 saturated heterocycles. The molecule has 35 heavy (non-hydrogen) atoms. The van der Waals surface area contributed by atoms with E-state index in [4.69, 9.17) is 16.6 Å². The van der Waals surface area contributed by atoms with Gasteiger partial charge in [0.25, 0.3) is 0 Å². The van der Waals surface area contributed by atoms with Crippen molar-refractivity contribution >= 4 is 42.3 Å². The lowest BCUT2D eigenvalue weighted by atomic mass is 10.1. The number of hydrogen-bond acceptors (Lipinski definition) is 8. The molecule has 0 spiro atoms. The molecule has 0 radical (unpaired) electrons. The summed E-state index contributed by atoms with van der Waals surface area (Å²) in [5.74, 6) is -5.33. The van der Waals surface area contributed by atoms with Crippen LogP contribution in [-0.2, 0) is 30.4 Å². The van der Waals surface area contributed by atoms with Crippen molar-refractivity contribution in [2.45, 2.75) is 56.3 Å². The van der Waals surface area contributed by atoms with Gasteiger partial charge in [0.2, 0.25) is 17.7 Å². The highest BCUT2D eigenvalue weighted by Gasteiger charge is 2.31. The quantitative estimate of drug-likeness (QED) is 0.0969. The molecule has 0 aliphatic carbocycles. The maximum Gasteiger partial charge on any atom is 0.326 e. The van der Waals surface area contributed by atoms with E-state index in [1.165, 1.54) is 0 Å². The molecular weight excluding hydrogens is 478 g/mol. The summed E-state index contributed by atoms with van der Waals surface area (Å²) in [6, 6.07) is 3.98. The second-order valence-corrected chi connectivity index (χ2v) is 8.25. The number of nitrogens with two attached hydrogens (primary N) is 2. The zero-order valence-corrected chi connectivity index (χ0v) is 20.1. The maximum atomic E-state index is 12.7. The molecule has 3 amide bonds. The van der Waals surface area contributed by atoms with E-state index in [0.717, 1.165) is 5.56 Å². The van der Waals surface area contributed by atoms with E-state index in [1.807, 2.05) is 6.07 Å². The minimum atomic E-state index is -1.58. The Morgan fingerprint density at radius 2 is 1.43 bits per heavy atom. The predicted octanol–water partition coefficient (Wildman–Crippen LogP) is -1.37. The fraction of sp³-hybridized carbons (Fsp3) is 0.500. The van der Waals surface area contributed by atoms with Crippen LogP contribution in [0.2, 0.25) is 0 Å². The molecule has 4 unspecified atom stereocenters. The molecule has 0 bridgehead atoms. The molecule has 0 aliphatic rings. The van der Waals surface area contributed by atoms with E-state index >= 15 is 0 Å². The van der Waals surface area contributed by atoms with Crippen LogP contribution in [0.15, 0.2) is 30.3 Å². The monoisotopic (exact) mass is 511 g/mol. The van der Waals surface area contributed by atoms with Gasteiger partial charge in [-0.2, -0.15) is 12.6 Å². The SMILES string of the molecule is NCCCCC(NC(=O)C(CC(=O)O)NC(=O)C(CS)NC(=O)C(N)Cc1ccccc1)C(=O)O. The van der Waals surface area contributed by atoms with Gasteiger partial charge in [-0.25, -0.2) is 4.79 Å². The Hall–Kier alpha value is -3.16. The van der Waals surface area contributed by atoms with Crippen molar-refractivity contribution in [3.05, 3.63) is 35.9 Å². The highest BCUT2D eigenvalue weighted by Crippen LogP contribution is 2.05.